The molecule has 2 N–H and O–H groups in total. The predicted octanol–water partition coefficient (Wildman–Crippen LogP) is 3.53. The van der Waals surface area contributed by atoms with E-state index in [9.17, 15) is 10.1 Å². The third-order valence-corrected chi connectivity index (χ3v) is 5.83. The van der Waals surface area contributed by atoms with Gasteiger partial charge in [0.2, 0.25) is 0 Å². The largest absolute Gasteiger partial charge is 0.378 e. The molecule has 0 bridgehead atoms. The Morgan fingerprint density at radius 2 is 2.04 bits per heavy atom. The summed E-state index contributed by atoms with van der Waals surface area (Å²) in [6.45, 7) is 2.44. The van der Waals surface area contributed by atoms with Gasteiger partial charge < -0.3 is 15.4 Å². The van der Waals surface area contributed by atoms with Crippen LogP contribution in [-0.4, -0.2) is 32.2 Å². The van der Waals surface area contributed by atoms with Crippen LogP contribution in [0.1, 0.15) is 15.2 Å². The number of morpholine rings is 1. The number of carbonyl (C=O) groups is 1. The molecule has 0 radical (unpaired) electrons. The smallest absolute Gasteiger partial charge is 0.259 e. The Morgan fingerprint density at radius 1 is 1.33 bits per heavy atom. The first-order chi connectivity index (χ1) is 11.5. The molecule has 8 heteroatoms. The molecule has 24 heavy (non-hydrogen) atoms. The van der Waals surface area contributed by atoms with E-state index in [1.807, 2.05) is 4.90 Å². The number of nitrogens with two attached hydrogens (primary N) is 1. The Labute approximate surface area is 153 Å². The van der Waals surface area contributed by atoms with Crippen molar-refractivity contribution in [1.82, 2.24) is 0 Å². The molecule has 0 aliphatic carbocycles. The minimum absolute atomic E-state index is 0.296. The maximum absolute atomic E-state index is 12.0. The summed E-state index contributed by atoms with van der Waals surface area (Å²) in [4.78, 5) is 14.3. The first kappa shape index (κ1) is 17.1. The van der Waals surface area contributed by atoms with Crippen molar-refractivity contribution in [3.8, 4) is 17.2 Å². The highest BCUT2D eigenvalue weighted by Crippen LogP contribution is 2.45. The number of benzene rings is 1. The van der Waals surface area contributed by atoms with Crippen LogP contribution in [0.3, 0.4) is 0 Å². The van der Waals surface area contributed by atoms with Crippen LogP contribution >= 0.6 is 34.5 Å². The summed E-state index contributed by atoms with van der Waals surface area (Å²) in [5.41, 5.74) is 6.92. The van der Waals surface area contributed by atoms with Crippen LogP contribution in [0.2, 0.25) is 10.0 Å². The number of nitrogens with zero attached hydrogens (tertiary/aromatic N) is 2. The van der Waals surface area contributed by atoms with E-state index in [0.717, 1.165) is 0 Å². The quantitative estimate of drug-likeness (QED) is 0.881. The average molecular weight is 382 g/mol. The molecule has 3 rings (SSSR count). The summed E-state index contributed by atoms with van der Waals surface area (Å²) < 4.78 is 5.35. The zero-order chi connectivity index (χ0) is 17.3. The standard InChI is InChI=1S/C16H13Cl2N3O2S/c17-11-3-1-2-9(13(11)18)12-10(8-19)16(24-14(12)15(20)22)21-4-6-23-7-5-21/h1-3H,4-7H2,(H2,20,22). The van der Waals surface area contributed by atoms with Crippen LogP contribution in [-0.2, 0) is 4.74 Å². The van der Waals surface area contributed by atoms with Gasteiger partial charge in [-0.05, 0) is 6.07 Å². The van der Waals surface area contributed by atoms with Gasteiger partial charge in [0.1, 0.15) is 15.9 Å². The molecule has 124 valence electrons. The predicted molar refractivity (Wildman–Crippen MR) is 96.0 cm³/mol. The fraction of sp³-hybridized carbons (Fsp3) is 0.250. The van der Waals surface area contributed by atoms with Crippen LogP contribution in [0.25, 0.3) is 11.1 Å². The van der Waals surface area contributed by atoms with Crippen molar-refractivity contribution in [2.24, 2.45) is 5.73 Å². The van der Waals surface area contributed by atoms with Gasteiger partial charge in [-0.1, -0.05) is 35.3 Å². The number of ether oxygens (including phenoxy) is 1. The van der Waals surface area contributed by atoms with Gasteiger partial charge in [0, 0.05) is 24.2 Å². The molecule has 0 unspecified atom stereocenters. The number of nitriles is 1. The minimum atomic E-state index is -0.595. The van der Waals surface area contributed by atoms with E-state index in [4.69, 9.17) is 33.7 Å². The van der Waals surface area contributed by atoms with Gasteiger partial charge in [-0.2, -0.15) is 5.26 Å². The summed E-state index contributed by atoms with van der Waals surface area (Å²) >= 11 is 13.6. The lowest BCUT2D eigenvalue weighted by Crippen LogP contribution is -2.36. The maximum atomic E-state index is 12.0. The zero-order valence-electron chi connectivity index (χ0n) is 12.5. The van der Waals surface area contributed by atoms with Crippen LogP contribution in [0.4, 0.5) is 5.00 Å². The van der Waals surface area contributed by atoms with E-state index < -0.39 is 5.91 Å². The second-order valence-corrected chi connectivity index (χ2v) is 6.95. The highest BCUT2D eigenvalue weighted by Gasteiger charge is 2.28. The van der Waals surface area contributed by atoms with Gasteiger partial charge in [0.25, 0.3) is 5.91 Å². The van der Waals surface area contributed by atoms with Crippen molar-refractivity contribution in [2.45, 2.75) is 0 Å². The molecular weight excluding hydrogens is 369 g/mol. The zero-order valence-corrected chi connectivity index (χ0v) is 14.8. The molecule has 0 spiro atoms. The summed E-state index contributed by atoms with van der Waals surface area (Å²) in [6, 6.07) is 7.30. The van der Waals surface area contributed by atoms with E-state index in [0.29, 0.717) is 62.9 Å². The second-order valence-electron chi connectivity index (χ2n) is 5.16. The van der Waals surface area contributed by atoms with Gasteiger partial charge in [0.05, 0.1) is 28.8 Å². The van der Waals surface area contributed by atoms with Crippen molar-refractivity contribution in [3.63, 3.8) is 0 Å². The number of primary amides is 1. The molecule has 1 aliphatic rings. The molecule has 2 heterocycles. The molecule has 1 fully saturated rings. The van der Waals surface area contributed by atoms with Crippen molar-refractivity contribution < 1.29 is 9.53 Å². The third-order valence-electron chi connectivity index (χ3n) is 3.74. The van der Waals surface area contributed by atoms with Crippen molar-refractivity contribution in [1.29, 1.82) is 5.26 Å². The van der Waals surface area contributed by atoms with E-state index in [2.05, 4.69) is 6.07 Å². The number of rotatable bonds is 3. The van der Waals surface area contributed by atoms with Crippen LogP contribution in [0, 0.1) is 11.3 Å². The molecular formula is C16H13Cl2N3O2S. The number of anilines is 1. The number of carbonyl (C=O) groups excluding carboxylic acids is 1. The highest BCUT2D eigenvalue weighted by atomic mass is 35.5. The Bertz CT molecular complexity index is 839. The topological polar surface area (TPSA) is 79.3 Å². The van der Waals surface area contributed by atoms with Gasteiger partial charge in [-0.3, -0.25) is 4.79 Å². The number of thiophene rings is 1. The summed E-state index contributed by atoms with van der Waals surface area (Å²) in [6.07, 6.45) is 0. The molecule has 1 aromatic carbocycles. The summed E-state index contributed by atoms with van der Waals surface area (Å²) in [5.74, 6) is -0.595. The molecule has 2 aromatic rings. The van der Waals surface area contributed by atoms with Crippen molar-refractivity contribution in [3.05, 3.63) is 38.7 Å². The van der Waals surface area contributed by atoms with Gasteiger partial charge in [-0.25, -0.2) is 0 Å². The summed E-state index contributed by atoms with van der Waals surface area (Å²) in [5, 5.41) is 11.1. The van der Waals surface area contributed by atoms with Crippen LogP contribution < -0.4 is 10.6 Å². The molecule has 1 saturated heterocycles. The lowest BCUT2D eigenvalue weighted by Gasteiger charge is -2.27. The number of hydrogen-bond acceptors (Lipinski definition) is 5. The first-order valence-electron chi connectivity index (χ1n) is 7.18. The highest BCUT2D eigenvalue weighted by molar-refractivity contribution is 7.18. The summed E-state index contributed by atoms with van der Waals surface area (Å²) in [7, 11) is 0. The Hall–Kier alpha value is -1.78. The fourth-order valence-corrected chi connectivity index (χ4v) is 4.20. The van der Waals surface area contributed by atoms with E-state index >= 15 is 0 Å². The molecule has 1 amide bonds. The molecule has 5 nitrogen and oxygen atoms in total. The molecule has 1 aliphatic heterocycles. The van der Waals surface area contributed by atoms with Crippen LogP contribution in [0.15, 0.2) is 18.2 Å². The molecule has 0 atom stereocenters. The SMILES string of the molecule is N#Cc1c(N2CCOCC2)sc(C(N)=O)c1-c1cccc(Cl)c1Cl. The lowest BCUT2D eigenvalue weighted by atomic mass is 10.0. The van der Waals surface area contributed by atoms with Gasteiger partial charge >= 0.3 is 0 Å². The molecule has 0 saturated carbocycles. The van der Waals surface area contributed by atoms with Crippen molar-refractivity contribution in [2.75, 3.05) is 31.2 Å². The number of halogens is 2. The van der Waals surface area contributed by atoms with Crippen LogP contribution in [0.5, 0.6) is 0 Å². The third kappa shape index (κ3) is 2.96. The average Bonchev–Trinajstić information content (AvgIpc) is 2.97. The van der Waals surface area contributed by atoms with E-state index in [1.54, 1.807) is 18.2 Å². The van der Waals surface area contributed by atoms with E-state index in [1.165, 1.54) is 11.3 Å². The normalized spacial score (nSPS) is 14.5. The van der Waals surface area contributed by atoms with Gasteiger partial charge in [-0.15, -0.1) is 11.3 Å². The van der Waals surface area contributed by atoms with Crippen molar-refractivity contribution >= 4 is 45.4 Å². The first-order valence-corrected chi connectivity index (χ1v) is 8.75. The fourth-order valence-electron chi connectivity index (χ4n) is 2.64. The second kappa shape index (κ2) is 6.99. The van der Waals surface area contributed by atoms with Gasteiger partial charge in [0.15, 0.2) is 0 Å². The maximum Gasteiger partial charge on any atom is 0.259 e. The Morgan fingerprint density at radius 3 is 2.67 bits per heavy atom. The monoisotopic (exact) mass is 381 g/mol. The molecule has 1 aromatic heterocycles. The number of amides is 1. The number of hydrogen-bond donors (Lipinski definition) is 1. The minimum Gasteiger partial charge on any atom is -0.378 e. The Balaban J connectivity index is 2.24. The lowest BCUT2D eigenvalue weighted by molar-refractivity contribution is 0.100. The van der Waals surface area contributed by atoms with E-state index in [-0.39, 0.29) is 0 Å². The Kier molecular flexibility index (Phi) is 4.97.